The fourth-order valence-corrected chi connectivity index (χ4v) is 4.54. The number of hydrogen-bond acceptors (Lipinski definition) is 6. The third-order valence-electron chi connectivity index (χ3n) is 6.60. The molecule has 0 fully saturated rings. The van der Waals surface area contributed by atoms with Crippen molar-refractivity contribution in [2.24, 2.45) is 11.8 Å². The summed E-state index contributed by atoms with van der Waals surface area (Å²) in [6.07, 6.45) is 10.4. The lowest BCUT2D eigenvalue weighted by Gasteiger charge is -2.32. The number of methoxy groups -OCH3 is 5. The van der Waals surface area contributed by atoms with Gasteiger partial charge in [-0.05, 0) is 37.5 Å². The second-order valence-corrected chi connectivity index (χ2v) is 8.81. The van der Waals surface area contributed by atoms with E-state index >= 15 is 0 Å². The first-order chi connectivity index (χ1) is 14.9. The van der Waals surface area contributed by atoms with Gasteiger partial charge in [0.15, 0.2) is 0 Å². The molecule has 0 N–H and O–H groups in total. The van der Waals surface area contributed by atoms with Gasteiger partial charge in [-0.3, -0.25) is 4.79 Å². The Hall–Kier alpha value is -0.690. The van der Waals surface area contributed by atoms with Gasteiger partial charge in [0.25, 0.3) is 0 Å². The topological polar surface area (TPSA) is 63.2 Å². The summed E-state index contributed by atoms with van der Waals surface area (Å²) in [6.45, 7) is 6.67. The number of ether oxygens (including phenoxy) is 5. The smallest absolute Gasteiger partial charge is 0.305 e. The van der Waals surface area contributed by atoms with Crippen molar-refractivity contribution in [3.05, 3.63) is 0 Å². The molecule has 6 unspecified atom stereocenters. The standard InChI is InChI=1S/C25H50O6/c1-9-21(27-4)24(30-7)18-23(29-6)20(3)17-19(2)22(28-5)15-13-11-10-12-14-16-25(26)31-8/h19-24H,9-18H2,1-8H3. The summed E-state index contributed by atoms with van der Waals surface area (Å²) in [7, 11) is 8.56. The number of esters is 1. The molecule has 0 radical (unpaired) electrons. The van der Waals surface area contributed by atoms with Crippen LogP contribution in [0.2, 0.25) is 0 Å². The summed E-state index contributed by atoms with van der Waals surface area (Å²) >= 11 is 0. The Bertz CT molecular complexity index is 426. The molecule has 0 aliphatic heterocycles. The van der Waals surface area contributed by atoms with Crippen molar-refractivity contribution in [3.8, 4) is 0 Å². The van der Waals surface area contributed by atoms with Crippen LogP contribution < -0.4 is 0 Å². The van der Waals surface area contributed by atoms with Crippen molar-refractivity contribution in [2.45, 2.75) is 109 Å². The predicted octanol–water partition coefficient (Wildman–Crippen LogP) is 5.41. The van der Waals surface area contributed by atoms with Crippen LogP contribution >= 0.6 is 0 Å². The van der Waals surface area contributed by atoms with Crippen LogP contribution in [0.15, 0.2) is 0 Å². The molecule has 6 heteroatoms. The number of rotatable bonds is 20. The Balaban J connectivity index is 4.41. The first kappa shape index (κ1) is 30.3. The summed E-state index contributed by atoms with van der Waals surface area (Å²) in [5.41, 5.74) is 0. The predicted molar refractivity (Wildman–Crippen MR) is 125 cm³/mol. The average molecular weight is 447 g/mol. The quantitative estimate of drug-likeness (QED) is 0.184. The summed E-state index contributed by atoms with van der Waals surface area (Å²) in [6, 6.07) is 0. The number of hydrogen-bond donors (Lipinski definition) is 0. The van der Waals surface area contributed by atoms with Crippen molar-refractivity contribution in [3.63, 3.8) is 0 Å². The van der Waals surface area contributed by atoms with Gasteiger partial charge in [-0.2, -0.15) is 0 Å². The fraction of sp³-hybridized carbons (Fsp3) is 0.960. The highest BCUT2D eigenvalue weighted by Gasteiger charge is 2.29. The molecule has 0 saturated heterocycles. The summed E-state index contributed by atoms with van der Waals surface area (Å²) in [5, 5.41) is 0. The van der Waals surface area contributed by atoms with Crippen LogP contribution in [0.4, 0.5) is 0 Å². The minimum atomic E-state index is -0.110. The lowest BCUT2D eigenvalue weighted by Crippen LogP contribution is -2.36. The highest BCUT2D eigenvalue weighted by Crippen LogP contribution is 2.27. The van der Waals surface area contributed by atoms with Gasteiger partial charge in [0.05, 0.1) is 31.5 Å². The van der Waals surface area contributed by atoms with Crippen LogP contribution in [0.5, 0.6) is 0 Å². The largest absolute Gasteiger partial charge is 0.469 e. The van der Waals surface area contributed by atoms with E-state index in [1.54, 1.807) is 21.3 Å². The Morgan fingerprint density at radius 1 is 0.645 bits per heavy atom. The van der Waals surface area contributed by atoms with Crippen LogP contribution in [0, 0.1) is 11.8 Å². The van der Waals surface area contributed by atoms with Crippen molar-refractivity contribution < 1.29 is 28.5 Å². The van der Waals surface area contributed by atoms with E-state index in [2.05, 4.69) is 25.5 Å². The van der Waals surface area contributed by atoms with E-state index < -0.39 is 0 Å². The molecule has 0 saturated carbocycles. The molecule has 0 aromatic carbocycles. The molecule has 0 aromatic heterocycles. The zero-order chi connectivity index (χ0) is 23.6. The maximum Gasteiger partial charge on any atom is 0.305 e. The molecule has 31 heavy (non-hydrogen) atoms. The molecule has 0 spiro atoms. The zero-order valence-electron chi connectivity index (χ0n) is 21.5. The van der Waals surface area contributed by atoms with Crippen molar-refractivity contribution in [1.82, 2.24) is 0 Å². The van der Waals surface area contributed by atoms with Gasteiger partial charge in [0, 0.05) is 41.3 Å². The normalized spacial score (nSPS) is 17.5. The molecular weight excluding hydrogens is 396 g/mol. The highest BCUT2D eigenvalue weighted by atomic mass is 16.5. The lowest BCUT2D eigenvalue weighted by atomic mass is 9.85. The van der Waals surface area contributed by atoms with E-state index in [0.717, 1.165) is 51.4 Å². The van der Waals surface area contributed by atoms with Crippen molar-refractivity contribution in [1.29, 1.82) is 0 Å². The van der Waals surface area contributed by atoms with Crippen LogP contribution in [-0.2, 0) is 28.5 Å². The van der Waals surface area contributed by atoms with Gasteiger partial charge < -0.3 is 23.7 Å². The van der Waals surface area contributed by atoms with E-state index in [4.69, 9.17) is 18.9 Å². The molecule has 0 rings (SSSR count). The first-order valence-electron chi connectivity index (χ1n) is 12.1. The SMILES string of the molecule is CCC(OC)C(CC(OC)C(C)CC(C)C(CCCCCCCC(=O)OC)OC)OC. The summed E-state index contributed by atoms with van der Waals surface area (Å²) in [5.74, 6) is 0.756. The molecule has 0 aliphatic carbocycles. The van der Waals surface area contributed by atoms with Gasteiger partial charge in [0.1, 0.15) is 0 Å². The third kappa shape index (κ3) is 12.8. The molecule has 0 amide bonds. The highest BCUT2D eigenvalue weighted by molar-refractivity contribution is 5.68. The molecule has 0 bridgehead atoms. The molecule has 0 aliphatic rings. The van der Waals surface area contributed by atoms with Gasteiger partial charge in [-0.1, -0.05) is 46.5 Å². The second kappa shape index (κ2) is 18.8. The minimum Gasteiger partial charge on any atom is -0.469 e. The van der Waals surface area contributed by atoms with Crippen LogP contribution in [0.3, 0.4) is 0 Å². The van der Waals surface area contributed by atoms with E-state index in [1.807, 2.05) is 7.11 Å². The molecule has 6 atom stereocenters. The zero-order valence-corrected chi connectivity index (χ0v) is 21.5. The van der Waals surface area contributed by atoms with Crippen LogP contribution in [0.1, 0.15) is 85.0 Å². The van der Waals surface area contributed by atoms with Crippen molar-refractivity contribution >= 4 is 5.97 Å². The molecule has 0 aromatic rings. The van der Waals surface area contributed by atoms with Gasteiger partial charge >= 0.3 is 5.97 Å². The van der Waals surface area contributed by atoms with Crippen molar-refractivity contribution in [2.75, 3.05) is 35.5 Å². The molecule has 6 nitrogen and oxygen atoms in total. The molecular formula is C25H50O6. The van der Waals surface area contributed by atoms with E-state index in [1.165, 1.54) is 13.5 Å². The van der Waals surface area contributed by atoms with Crippen LogP contribution in [0.25, 0.3) is 0 Å². The summed E-state index contributed by atoms with van der Waals surface area (Å²) < 4.78 is 27.7. The van der Waals surface area contributed by atoms with Gasteiger partial charge in [0.2, 0.25) is 0 Å². The second-order valence-electron chi connectivity index (χ2n) is 8.81. The average Bonchev–Trinajstić information content (AvgIpc) is 2.77. The summed E-state index contributed by atoms with van der Waals surface area (Å²) in [4.78, 5) is 11.1. The van der Waals surface area contributed by atoms with E-state index in [9.17, 15) is 4.79 Å². The van der Waals surface area contributed by atoms with Crippen LogP contribution in [-0.4, -0.2) is 65.9 Å². The van der Waals surface area contributed by atoms with E-state index in [-0.39, 0.29) is 30.4 Å². The lowest BCUT2D eigenvalue weighted by molar-refractivity contribution is -0.140. The molecule has 186 valence electrons. The fourth-order valence-electron chi connectivity index (χ4n) is 4.54. The minimum absolute atomic E-state index is 0.0371. The van der Waals surface area contributed by atoms with Gasteiger partial charge in [-0.15, -0.1) is 0 Å². The maximum absolute atomic E-state index is 11.1. The first-order valence-corrected chi connectivity index (χ1v) is 12.1. The Labute approximate surface area is 191 Å². The monoisotopic (exact) mass is 446 g/mol. The molecule has 0 heterocycles. The Morgan fingerprint density at radius 2 is 1.16 bits per heavy atom. The Morgan fingerprint density at radius 3 is 1.68 bits per heavy atom. The number of carbonyl (C=O) groups is 1. The number of carbonyl (C=O) groups excluding carboxylic acids is 1. The van der Waals surface area contributed by atoms with E-state index in [0.29, 0.717) is 18.3 Å². The van der Waals surface area contributed by atoms with Gasteiger partial charge in [-0.25, -0.2) is 0 Å². The Kier molecular flexibility index (Phi) is 18.4. The third-order valence-corrected chi connectivity index (χ3v) is 6.60. The number of unbranched alkanes of at least 4 members (excludes halogenated alkanes) is 4. The maximum atomic E-state index is 11.1.